The van der Waals surface area contributed by atoms with Gasteiger partial charge < -0.3 is 9.73 Å². The second-order valence-corrected chi connectivity index (χ2v) is 9.19. The van der Waals surface area contributed by atoms with Crippen molar-refractivity contribution in [3.8, 4) is 11.3 Å². The van der Waals surface area contributed by atoms with Crippen molar-refractivity contribution in [1.82, 2.24) is 10.0 Å². The van der Waals surface area contributed by atoms with Gasteiger partial charge >= 0.3 is 0 Å². The fourth-order valence-corrected chi connectivity index (χ4v) is 3.91. The third-order valence-corrected chi connectivity index (χ3v) is 6.23. The molecule has 1 heterocycles. The summed E-state index contributed by atoms with van der Waals surface area (Å²) < 4.78 is 33.6. The Bertz CT molecular complexity index is 1070. The van der Waals surface area contributed by atoms with Crippen LogP contribution in [0.3, 0.4) is 0 Å². The predicted octanol–water partition coefficient (Wildman–Crippen LogP) is 4.00. The zero-order valence-electron chi connectivity index (χ0n) is 15.8. The molecule has 8 heteroatoms. The summed E-state index contributed by atoms with van der Waals surface area (Å²) in [6.07, 6.45) is 0.0331. The molecule has 1 aromatic heterocycles. The summed E-state index contributed by atoms with van der Waals surface area (Å²) >= 11 is 3.39. The van der Waals surface area contributed by atoms with E-state index in [1.807, 2.05) is 37.3 Å². The molecule has 152 valence electrons. The van der Waals surface area contributed by atoms with Crippen LogP contribution in [0, 0.1) is 6.92 Å². The van der Waals surface area contributed by atoms with Gasteiger partial charge in [0.25, 0.3) is 0 Å². The molecule has 2 aromatic carbocycles. The molecule has 0 spiro atoms. The molecule has 0 aliphatic carbocycles. The number of aryl methyl sites for hydroxylation is 1. The van der Waals surface area contributed by atoms with E-state index < -0.39 is 10.0 Å². The second-order valence-electron chi connectivity index (χ2n) is 6.51. The highest BCUT2D eigenvalue weighted by molar-refractivity contribution is 9.10. The Morgan fingerprint density at radius 3 is 2.38 bits per heavy atom. The Labute approximate surface area is 178 Å². The molecular weight excluding hydrogens is 456 g/mol. The van der Waals surface area contributed by atoms with Crippen molar-refractivity contribution in [2.75, 3.05) is 6.54 Å². The van der Waals surface area contributed by atoms with Crippen LogP contribution in [0.1, 0.15) is 17.7 Å². The van der Waals surface area contributed by atoms with E-state index in [1.165, 1.54) is 12.1 Å². The summed E-state index contributed by atoms with van der Waals surface area (Å²) in [7, 11) is -3.62. The van der Waals surface area contributed by atoms with Gasteiger partial charge in [-0.3, -0.25) is 4.79 Å². The maximum atomic E-state index is 12.2. The average Bonchev–Trinajstić information content (AvgIpc) is 3.16. The largest absolute Gasteiger partial charge is 0.459 e. The first kappa shape index (κ1) is 21.3. The quantitative estimate of drug-likeness (QED) is 0.514. The number of rotatable bonds is 8. The van der Waals surface area contributed by atoms with Crippen molar-refractivity contribution in [3.63, 3.8) is 0 Å². The van der Waals surface area contributed by atoms with Crippen LogP contribution in [-0.2, 0) is 21.4 Å². The zero-order valence-corrected chi connectivity index (χ0v) is 18.2. The first-order valence-corrected chi connectivity index (χ1v) is 11.3. The van der Waals surface area contributed by atoms with Crippen LogP contribution < -0.4 is 10.0 Å². The fourth-order valence-electron chi connectivity index (χ4n) is 2.62. The Balaban J connectivity index is 1.45. The first-order valence-electron chi connectivity index (χ1n) is 9.01. The molecule has 3 rings (SSSR count). The minimum Gasteiger partial charge on any atom is -0.459 e. The number of carbonyl (C=O) groups excluding carboxylic acids is 1. The normalized spacial score (nSPS) is 11.4. The Morgan fingerprint density at radius 2 is 1.69 bits per heavy atom. The smallest absolute Gasteiger partial charge is 0.240 e. The molecule has 0 unspecified atom stereocenters. The minimum atomic E-state index is -3.62. The Kier molecular flexibility index (Phi) is 6.89. The van der Waals surface area contributed by atoms with Crippen LogP contribution in [0.15, 0.2) is 74.4 Å². The van der Waals surface area contributed by atoms with Crippen molar-refractivity contribution in [2.24, 2.45) is 0 Å². The monoisotopic (exact) mass is 476 g/mol. The van der Waals surface area contributed by atoms with Crippen molar-refractivity contribution in [1.29, 1.82) is 0 Å². The number of benzene rings is 2. The lowest BCUT2D eigenvalue weighted by Gasteiger charge is -2.07. The van der Waals surface area contributed by atoms with E-state index in [0.29, 0.717) is 11.5 Å². The summed E-state index contributed by atoms with van der Waals surface area (Å²) in [5.41, 5.74) is 1.92. The highest BCUT2D eigenvalue weighted by Gasteiger charge is 2.14. The molecule has 0 saturated carbocycles. The fraction of sp³-hybridized carbons (Fsp3) is 0.190. The third-order valence-electron chi connectivity index (χ3n) is 4.23. The molecule has 0 aliphatic heterocycles. The molecule has 0 radical (unpaired) electrons. The van der Waals surface area contributed by atoms with Gasteiger partial charge in [0, 0.05) is 23.0 Å². The molecule has 0 atom stereocenters. The predicted molar refractivity (Wildman–Crippen MR) is 115 cm³/mol. The summed E-state index contributed by atoms with van der Waals surface area (Å²) in [5, 5.41) is 2.73. The molecule has 0 aliphatic rings. The topological polar surface area (TPSA) is 88.4 Å². The van der Waals surface area contributed by atoms with Gasteiger partial charge in [-0.2, -0.15) is 0 Å². The van der Waals surface area contributed by atoms with Gasteiger partial charge in [-0.05, 0) is 43.3 Å². The molecule has 1 amide bonds. The number of hydrogen-bond donors (Lipinski definition) is 2. The van der Waals surface area contributed by atoms with E-state index in [2.05, 4.69) is 26.0 Å². The van der Waals surface area contributed by atoms with E-state index in [0.717, 1.165) is 15.6 Å². The van der Waals surface area contributed by atoms with Gasteiger partial charge in [-0.25, -0.2) is 13.1 Å². The highest BCUT2D eigenvalue weighted by Crippen LogP contribution is 2.23. The van der Waals surface area contributed by atoms with Crippen molar-refractivity contribution >= 4 is 31.9 Å². The van der Waals surface area contributed by atoms with Gasteiger partial charge in [0.15, 0.2) is 0 Å². The van der Waals surface area contributed by atoms with Crippen LogP contribution in [0.5, 0.6) is 0 Å². The number of furan rings is 1. The second kappa shape index (κ2) is 9.39. The molecule has 6 nitrogen and oxygen atoms in total. The van der Waals surface area contributed by atoms with E-state index in [4.69, 9.17) is 4.42 Å². The lowest BCUT2D eigenvalue weighted by atomic mass is 10.2. The van der Waals surface area contributed by atoms with E-state index in [9.17, 15) is 13.2 Å². The lowest BCUT2D eigenvalue weighted by Crippen LogP contribution is -2.30. The number of hydrogen-bond acceptors (Lipinski definition) is 4. The maximum absolute atomic E-state index is 12.2. The van der Waals surface area contributed by atoms with Crippen LogP contribution in [0.25, 0.3) is 11.3 Å². The number of sulfonamides is 1. The summed E-state index contributed by atoms with van der Waals surface area (Å²) in [6, 6.07) is 17.9. The van der Waals surface area contributed by atoms with Gasteiger partial charge in [0.1, 0.15) is 11.5 Å². The van der Waals surface area contributed by atoms with Gasteiger partial charge in [0.05, 0.1) is 11.4 Å². The van der Waals surface area contributed by atoms with Gasteiger partial charge in [-0.15, -0.1) is 0 Å². The van der Waals surface area contributed by atoms with E-state index in [1.54, 1.807) is 18.2 Å². The van der Waals surface area contributed by atoms with Crippen molar-refractivity contribution in [3.05, 3.63) is 76.5 Å². The van der Waals surface area contributed by atoms with Crippen molar-refractivity contribution < 1.29 is 17.6 Å². The Hall–Kier alpha value is -2.42. The molecule has 29 heavy (non-hydrogen) atoms. The summed E-state index contributed by atoms with van der Waals surface area (Å²) in [6.45, 7) is 2.14. The first-order chi connectivity index (χ1) is 13.8. The number of nitrogens with one attached hydrogen (secondary N) is 2. The molecule has 0 saturated heterocycles. The molecule has 0 fully saturated rings. The minimum absolute atomic E-state index is 0.0182. The van der Waals surface area contributed by atoms with Crippen LogP contribution in [0.4, 0.5) is 0 Å². The lowest BCUT2D eigenvalue weighted by molar-refractivity contribution is -0.121. The number of carbonyl (C=O) groups is 1. The third kappa shape index (κ3) is 6.03. The standard InChI is InChI=1S/C21H21BrN2O4S/c1-15-2-9-19(10-3-15)29(26,27)24-13-12-21(25)23-14-18-8-11-20(28-18)16-4-6-17(22)7-5-16/h2-11,24H,12-14H2,1H3,(H,23,25). The SMILES string of the molecule is Cc1ccc(S(=O)(=O)NCCC(=O)NCc2ccc(-c3ccc(Br)cc3)o2)cc1. The molecule has 3 aromatic rings. The molecule has 2 N–H and O–H groups in total. The number of amides is 1. The maximum Gasteiger partial charge on any atom is 0.240 e. The van der Waals surface area contributed by atoms with E-state index in [-0.39, 0.29) is 30.3 Å². The van der Waals surface area contributed by atoms with Gasteiger partial charge in [-0.1, -0.05) is 45.8 Å². The van der Waals surface area contributed by atoms with Crippen molar-refractivity contribution in [2.45, 2.75) is 24.8 Å². The summed E-state index contributed by atoms with van der Waals surface area (Å²) in [5.74, 6) is 1.07. The Morgan fingerprint density at radius 1 is 1.00 bits per heavy atom. The average molecular weight is 477 g/mol. The molecular formula is C21H21BrN2O4S. The summed E-state index contributed by atoms with van der Waals surface area (Å²) in [4.78, 5) is 12.2. The molecule has 0 bridgehead atoms. The van der Waals surface area contributed by atoms with E-state index >= 15 is 0 Å². The zero-order chi connectivity index (χ0) is 20.9. The number of halogens is 1. The highest BCUT2D eigenvalue weighted by atomic mass is 79.9. The van der Waals surface area contributed by atoms with Gasteiger partial charge in [0.2, 0.25) is 15.9 Å². The van der Waals surface area contributed by atoms with Crippen LogP contribution in [-0.4, -0.2) is 20.9 Å². The van der Waals surface area contributed by atoms with Crippen LogP contribution in [0.2, 0.25) is 0 Å². The van der Waals surface area contributed by atoms with Crippen LogP contribution >= 0.6 is 15.9 Å².